The third-order valence-electron chi connectivity index (χ3n) is 5.88. The number of benzene rings is 1. The number of aliphatic hydroxyl groups is 1. The van der Waals surface area contributed by atoms with E-state index in [-0.39, 0.29) is 17.9 Å². The maximum atomic E-state index is 12.5. The molecule has 1 fully saturated rings. The molecule has 0 saturated heterocycles. The number of rotatable bonds is 7. The molecule has 1 aromatic carbocycles. The molecular weight excluding hydrogens is 435 g/mol. The third kappa shape index (κ3) is 5.73. The number of aromatic nitrogens is 4. The summed E-state index contributed by atoms with van der Waals surface area (Å²) in [5.41, 5.74) is 1.93. The Kier molecular flexibility index (Phi) is 7.02. The maximum absolute atomic E-state index is 12.5. The van der Waals surface area contributed by atoms with Crippen molar-refractivity contribution in [2.24, 2.45) is 0 Å². The quantitative estimate of drug-likeness (QED) is 0.357. The first-order valence-corrected chi connectivity index (χ1v) is 11.4. The van der Waals surface area contributed by atoms with Gasteiger partial charge in [-0.05, 0) is 62.8 Å². The molecule has 33 heavy (non-hydrogen) atoms. The highest BCUT2D eigenvalue weighted by Gasteiger charge is 2.31. The summed E-state index contributed by atoms with van der Waals surface area (Å²) in [6.07, 6.45) is 2.70. The molecule has 2 aromatic heterocycles. The number of aliphatic hydroxyl groups excluding tert-OH is 1. The van der Waals surface area contributed by atoms with Crippen LogP contribution in [0.5, 0.6) is 5.75 Å². The van der Waals surface area contributed by atoms with Crippen LogP contribution >= 0.6 is 0 Å². The average molecular weight is 464 g/mol. The van der Waals surface area contributed by atoms with Crippen molar-refractivity contribution in [1.29, 1.82) is 0 Å². The van der Waals surface area contributed by atoms with Gasteiger partial charge in [-0.3, -0.25) is 0 Å². The highest BCUT2D eigenvalue weighted by atomic mass is 19.4. The van der Waals surface area contributed by atoms with E-state index >= 15 is 0 Å². The van der Waals surface area contributed by atoms with Crippen LogP contribution in [0.2, 0.25) is 0 Å². The van der Waals surface area contributed by atoms with Gasteiger partial charge in [-0.2, -0.15) is 10.1 Å². The molecule has 4 rings (SSSR count). The highest BCUT2D eigenvalue weighted by Crippen LogP contribution is 2.35. The first-order valence-electron chi connectivity index (χ1n) is 11.4. The number of fused-ring (bicyclic) bond motifs is 1. The molecule has 1 saturated carbocycles. The van der Waals surface area contributed by atoms with Gasteiger partial charge >= 0.3 is 6.36 Å². The van der Waals surface area contributed by atoms with Gasteiger partial charge in [-0.25, -0.2) is 9.67 Å². The van der Waals surface area contributed by atoms with E-state index in [1.807, 2.05) is 4.68 Å². The second-order valence-corrected chi connectivity index (χ2v) is 8.39. The van der Waals surface area contributed by atoms with Gasteiger partial charge in [-0.15, -0.1) is 13.2 Å². The molecule has 178 valence electrons. The van der Waals surface area contributed by atoms with Gasteiger partial charge in [0.15, 0.2) is 5.65 Å². The molecular formula is C23H28F3N5O2. The van der Waals surface area contributed by atoms with E-state index in [0.29, 0.717) is 29.3 Å². The van der Waals surface area contributed by atoms with E-state index in [1.165, 1.54) is 12.1 Å². The zero-order valence-corrected chi connectivity index (χ0v) is 18.5. The largest absolute Gasteiger partial charge is 0.573 e. The molecule has 0 radical (unpaired) electrons. The van der Waals surface area contributed by atoms with E-state index in [9.17, 15) is 18.3 Å². The molecule has 10 heteroatoms. The van der Waals surface area contributed by atoms with Crippen LogP contribution in [0.25, 0.3) is 22.3 Å². The number of anilines is 1. The predicted octanol–water partition coefficient (Wildman–Crippen LogP) is 5.47. The molecule has 7 nitrogen and oxygen atoms in total. The van der Waals surface area contributed by atoms with Crippen LogP contribution < -0.4 is 10.1 Å². The van der Waals surface area contributed by atoms with Crippen molar-refractivity contribution < 1.29 is 23.0 Å². The molecule has 0 bridgehead atoms. The summed E-state index contributed by atoms with van der Waals surface area (Å²) in [6.45, 7) is 2.87. The minimum atomic E-state index is -4.74. The molecule has 1 aliphatic carbocycles. The van der Waals surface area contributed by atoms with Gasteiger partial charge in [0.05, 0.1) is 17.5 Å². The van der Waals surface area contributed by atoms with Crippen molar-refractivity contribution >= 4 is 17.0 Å². The fourth-order valence-corrected chi connectivity index (χ4v) is 4.18. The first-order chi connectivity index (χ1) is 15.8. The highest BCUT2D eigenvalue weighted by molar-refractivity contribution is 5.91. The second-order valence-electron chi connectivity index (χ2n) is 8.39. The Morgan fingerprint density at radius 3 is 2.67 bits per heavy atom. The number of nitrogens with one attached hydrogen (secondary N) is 1. The molecule has 0 aliphatic heterocycles. The lowest BCUT2D eigenvalue weighted by molar-refractivity contribution is -0.274. The number of nitrogens with zero attached hydrogens (tertiary/aromatic N) is 4. The number of alkyl halides is 3. The smallest absolute Gasteiger partial charge is 0.406 e. The Hall–Kier alpha value is -2.88. The summed E-state index contributed by atoms with van der Waals surface area (Å²) < 4.78 is 43.4. The summed E-state index contributed by atoms with van der Waals surface area (Å²) in [4.78, 5) is 9.16. The van der Waals surface area contributed by atoms with Crippen molar-refractivity contribution in [2.75, 3.05) is 11.9 Å². The van der Waals surface area contributed by atoms with E-state index < -0.39 is 6.36 Å². The van der Waals surface area contributed by atoms with Crippen molar-refractivity contribution in [3.8, 4) is 17.0 Å². The van der Waals surface area contributed by atoms with Crippen molar-refractivity contribution in [2.45, 2.75) is 70.4 Å². The Bertz CT molecular complexity index is 1070. The molecule has 2 heterocycles. The Labute approximate surface area is 190 Å². The van der Waals surface area contributed by atoms with Gasteiger partial charge in [0.1, 0.15) is 11.4 Å². The van der Waals surface area contributed by atoms with Crippen LogP contribution in [-0.4, -0.2) is 43.9 Å². The monoisotopic (exact) mass is 463 g/mol. The van der Waals surface area contributed by atoms with Gasteiger partial charge in [0.2, 0.25) is 5.95 Å². The standard InChI is InChI=1S/C23H28F3N5O2/c1-2-3-13-27-22-28-14-19-20(15-7-11-18(12-8-15)33-23(24,25)26)30-31(21(19)29-22)16-5-4-6-17(32)10-9-16/h7-8,11-12,14,16-17,32H,2-6,9-10,13H2,1H3,(H,27,28,29)/t16-,17-/m1/s1. The van der Waals surface area contributed by atoms with Crippen molar-refractivity contribution in [3.05, 3.63) is 30.5 Å². The van der Waals surface area contributed by atoms with E-state index in [4.69, 9.17) is 10.1 Å². The molecule has 0 amide bonds. The topological polar surface area (TPSA) is 85.1 Å². The Morgan fingerprint density at radius 2 is 1.94 bits per heavy atom. The molecule has 2 atom stereocenters. The first kappa shape index (κ1) is 23.3. The Morgan fingerprint density at radius 1 is 1.15 bits per heavy atom. The zero-order valence-electron chi connectivity index (χ0n) is 18.5. The third-order valence-corrected chi connectivity index (χ3v) is 5.88. The van der Waals surface area contributed by atoms with Gasteiger partial charge < -0.3 is 15.2 Å². The predicted molar refractivity (Wildman–Crippen MR) is 119 cm³/mol. The lowest BCUT2D eigenvalue weighted by Gasteiger charge is -2.15. The van der Waals surface area contributed by atoms with E-state index in [0.717, 1.165) is 50.5 Å². The number of halogens is 3. The van der Waals surface area contributed by atoms with Crippen LogP contribution in [-0.2, 0) is 0 Å². The summed E-state index contributed by atoms with van der Waals surface area (Å²) in [5, 5.41) is 18.9. The van der Waals surface area contributed by atoms with Crippen molar-refractivity contribution in [1.82, 2.24) is 19.7 Å². The SMILES string of the molecule is CCCCNc1ncc2c(-c3ccc(OC(F)(F)F)cc3)nn([C@@H]3CCC[C@@H](O)CC3)c2n1. The minimum Gasteiger partial charge on any atom is -0.406 e. The second kappa shape index (κ2) is 9.94. The van der Waals surface area contributed by atoms with Crippen LogP contribution in [0, 0.1) is 0 Å². The summed E-state index contributed by atoms with van der Waals surface area (Å²) in [5.74, 6) is 0.234. The average Bonchev–Trinajstić information content (AvgIpc) is 3.00. The fourth-order valence-electron chi connectivity index (χ4n) is 4.18. The lowest BCUT2D eigenvalue weighted by atomic mass is 10.1. The number of hydrogen-bond acceptors (Lipinski definition) is 6. The van der Waals surface area contributed by atoms with Crippen LogP contribution in [0.3, 0.4) is 0 Å². The van der Waals surface area contributed by atoms with Gasteiger partial charge in [0.25, 0.3) is 0 Å². The zero-order chi connectivity index (χ0) is 23.4. The number of hydrogen-bond donors (Lipinski definition) is 2. The summed E-state index contributed by atoms with van der Waals surface area (Å²) in [6, 6.07) is 5.73. The van der Waals surface area contributed by atoms with Crippen LogP contribution in [0.15, 0.2) is 30.5 Å². The van der Waals surface area contributed by atoms with Crippen molar-refractivity contribution in [3.63, 3.8) is 0 Å². The fraction of sp³-hybridized carbons (Fsp3) is 0.522. The summed E-state index contributed by atoms with van der Waals surface area (Å²) in [7, 11) is 0. The Balaban J connectivity index is 1.71. The number of unbranched alkanes of at least 4 members (excludes halogenated alkanes) is 1. The molecule has 3 aromatic rings. The molecule has 0 unspecified atom stereocenters. The molecule has 0 spiro atoms. The van der Waals surface area contributed by atoms with Gasteiger partial charge in [0, 0.05) is 18.3 Å². The normalized spacial score (nSPS) is 19.4. The lowest BCUT2D eigenvalue weighted by Crippen LogP contribution is -2.16. The van der Waals surface area contributed by atoms with E-state index in [1.54, 1.807) is 18.3 Å². The summed E-state index contributed by atoms with van der Waals surface area (Å²) >= 11 is 0. The molecule has 2 N–H and O–H groups in total. The maximum Gasteiger partial charge on any atom is 0.573 e. The van der Waals surface area contributed by atoms with Gasteiger partial charge in [-0.1, -0.05) is 13.3 Å². The van der Waals surface area contributed by atoms with E-state index in [2.05, 4.69) is 22.0 Å². The van der Waals surface area contributed by atoms with Crippen LogP contribution in [0.1, 0.15) is 57.9 Å². The van der Waals surface area contributed by atoms with Crippen LogP contribution in [0.4, 0.5) is 19.1 Å². The minimum absolute atomic E-state index is 0.0737. The molecule has 1 aliphatic rings. The number of ether oxygens (including phenoxy) is 1.